The number of anilines is 1. The summed E-state index contributed by atoms with van der Waals surface area (Å²) in [5.74, 6) is 0.524. The third-order valence-electron chi connectivity index (χ3n) is 2.34. The summed E-state index contributed by atoms with van der Waals surface area (Å²) in [6.45, 7) is 0.316. The maximum atomic E-state index is 9.96. The zero-order chi connectivity index (χ0) is 13.0. The van der Waals surface area contributed by atoms with Crippen LogP contribution in [-0.4, -0.2) is 21.6 Å². The molecule has 0 radical (unpaired) electrons. The summed E-state index contributed by atoms with van der Waals surface area (Å²) >= 11 is 11.5. The first-order valence-electron chi connectivity index (χ1n) is 5.30. The number of hydrogen-bond donors (Lipinski definition) is 2. The molecule has 2 rings (SSSR count). The molecule has 1 unspecified atom stereocenters. The summed E-state index contributed by atoms with van der Waals surface area (Å²) in [6, 6.07) is 7.02. The van der Waals surface area contributed by atoms with Gasteiger partial charge in [0.1, 0.15) is 11.0 Å². The number of benzene rings is 1. The lowest BCUT2D eigenvalue weighted by Gasteiger charge is -2.12. The van der Waals surface area contributed by atoms with E-state index in [-0.39, 0.29) is 0 Å². The van der Waals surface area contributed by atoms with Crippen molar-refractivity contribution in [2.45, 2.75) is 6.10 Å². The standard InChI is InChI=1S/C12H11Cl2N3O/c13-9-3-1-8(2-4-9)10(18)5-16-12-7-15-6-11(14)17-12/h1-4,6-7,10,18H,5H2,(H,16,17). The van der Waals surface area contributed by atoms with Gasteiger partial charge in [-0.25, -0.2) is 4.98 Å². The van der Waals surface area contributed by atoms with Gasteiger partial charge in [-0.2, -0.15) is 0 Å². The van der Waals surface area contributed by atoms with E-state index >= 15 is 0 Å². The Bertz CT molecular complexity index is 519. The van der Waals surface area contributed by atoms with Crippen LogP contribution in [0.15, 0.2) is 36.7 Å². The van der Waals surface area contributed by atoms with Crippen molar-refractivity contribution in [3.63, 3.8) is 0 Å². The average Bonchev–Trinajstić information content (AvgIpc) is 2.37. The van der Waals surface area contributed by atoms with Gasteiger partial charge in [-0.3, -0.25) is 4.98 Å². The average molecular weight is 284 g/mol. The Morgan fingerprint density at radius 2 is 1.89 bits per heavy atom. The molecule has 2 N–H and O–H groups in total. The van der Waals surface area contributed by atoms with E-state index in [4.69, 9.17) is 23.2 Å². The van der Waals surface area contributed by atoms with Crippen LogP contribution in [0.4, 0.5) is 5.82 Å². The molecule has 0 bridgehead atoms. The predicted molar refractivity (Wildman–Crippen MR) is 71.9 cm³/mol. The topological polar surface area (TPSA) is 58.0 Å². The molecule has 94 valence electrons. The summed E-state index contributed by atoms with van der Waals surface area (Å²) in [5, 5.41) is 13.9. The Hall–Kier alpha value is -1.36. The lowest BCUT2D eigenvalue weighted by Crippen LogP contribution is -2.13. The Labute approximate surface area is 115 Å². The van der Waals surface area contributed by atoms with Crippen LogP contribution < -0.4 is 5.32 Å². The third kappa shape index (κ3) is 3.57. The van der Waals surface area contributed by atoms with Crippen molar-refractivity contribution in [3.8, 4) is 0 Å². The molecule has 0 spiro atoms. The van der Waals surface area contributed by atoms with Gasteiger partial charge in [-0.1, -0.05) is 35.3 Å². The first-order valence-corrected chi connectivity index (χ1v) is 6.05. The molecule has 0 saturated heterocycles. The second kappa shape index (κ2) is 6.00. The molecule has 6 heteroatoms. The van der Waals surface area contributed by atoms with Crippen molar-refractivity contribution in [2.75, 3.05) is 11.9 Å². The summed E-state index contributed by atoms with van der Waals surface area (Å²) in [6.07, 6.45) is 2.34. The summed E-state index contributed by atoms with van der Waals surface area (Å²) in [5.41, 5.74) is 0.780. The molecule has 0 saturated carbocycles. The highest BCUT2D eigenvalue weighted by molar-refractivity contribution is 6.30. The van der Waals surface area contributed by atoms with Gasteiger partial charge in [-0.05, 0) is 17.7 Å². The van der Waals surface area contributed by atoms with Gasteiger partial charge in [0.15, 0.2) is 0 Å². The SMILES string of the molecule is OC(CNc1cncc(Cl)n1)c1ccc(Cl)cc1. The number of nitrogens with one attached hydrogen (secondary N) is 1. The molecule has 2 aromatic rings. The van der Waals surface area contributed by atoms with Gasteiger partial charge >= 0.3 is 0 Å². The Balaban J connectivity index is 1.96. The van der Waals surface area contributed by atoms with E-state index in [9.17, 15) is 5.11 Å². The number of aliphatic hydroxyl groups excluding tert-OH is 1. The van der Waals surface area contributed by atoms with E-state index < -0.39 is 6.10 Å². The fourth-order valence-corrected chi connectivity index (χ4v) is 1.70. The van der Waals surface area contributed by atoms with Crippen LogP contribution in [0, 0.1) is 0 Å². The van der Waals surface area contributed by atoms with Crippen molar-refractivity contribution in [1.29, 1.82) is 0 Å². The highest BCUT2D eigenvalue weighted by Crippen LogP contribution is 2.17. The largest absolute Gasteiger partial charge is 0.387 e. The fourth-order valence-electron chi connectivity index (χ4n) is 1.43. The second-order valence-corrected chi connectivity index (χ2v) is 4.50. The van der Waals surface area contributed by atoms with Gasteiger partial charge in [0, 0.05) is 11.6 Å². The van der Waals surface area contributed by atoms with Crippen LogP contribution in [0.25, 0.3) is 0 Å². The zero-order valence-corrected chi connectivity index (χ0v) is 10.9. The fraction of sp³-hybridized carbons (Fsp3) is 0.167. The molecule has 0 fully saturated rings. The summed E-state index contributed by atoms with van der Waals surface area (Å²) in [4.78, 5) is 7.90. The first-order chi connectivity index (χ1) is 8.65. The van der Waals surface area contributed by atoms with E-state index in [1.165, 1.54) is 6.20 Å². The second-order valence-electron chi connectivity index (χ2n) is 3.68. The summed E-state index contributed by atoms with van der Waals surface area (Å²) in [7, 11) is 0. The molecule has 1 aromatic carbocycles. The number of aromatic nitrogens is 2. The maximum Gasteiger partial charge on any atom is 0.149 e. The zero-order valence-electron chi connectivity index (χ0n) is 9.35. The third-order valence-corrected chi connectivity index (χ3v) is 2.77. The van der Waals surface area contributed by atoms with Crippen LogP contribution in [0.2, 0.25) is 10.2 Å². The van der Waals surface area contributed by atoms with Crippen molar-refractivity contribution in [2.24, 2.45) is 0 Å². The quantitative estimate of drug-likeness (QED) is 0.906. The highest BCUT2D eigenvalue weighted by atomic mass is 35.5. The predicted octanol–water partition coefficient (Wildman–Crippen LogP) is 2.93. The van der Waals surface area contributed by atoms with Crippen LogP contribution >= 0.6 is 23.2 Å². The van der Waals surface area contributed by atoms with Gasteiger partial charge < -0.3 is 10.4 Å². The highest BCUT2D eigenvalue weighted by Gasteiger charge is 2.07. The van der Waals surface area contributed by atoms with Crippen molar-refractivity contribution < 1.29 is 5.11 Å². The minimum absolute atomic E-state index is 0.306. The molecule has 1 aromatic heterocycles. The maximum absolute atomic E-state index is 9.96. The van der Waals surface area contributed by atoms with Crippen LogP contribution in [0.3, 0.4) is 0 Å². The van der Waals surface area contributed by atoms with Crippen molar-refractivity contribution in [3.05, 3.63) is 52.4 Å². The summed E-state index contributed by atoms with van der Waals surface area (Å²) < 4.78 is 0. The molecular weight excluding hydrogens is 273 g/mol. The molecule has 0 aliphatic heterocycles. The minimum Gasteiger partial charge on any atom is -0.387 e. The van der Waals surface area contributed by atoms with Gasteiger partial charge in [0.2, 0.25) is 0 Å². The van der Waals surface area contributed by atoms with E-state index in [2.05, 4.69) is 15.3 Å². The Kier molecular flexibility index (Phi) is 4.36. The number of aliphatic hydroxyl groups is 1. The smallest absolute Gasteiger partial charge is 0.149 e. The van der Waals surface area contributed by atoms with E-state index in [1.54, 1.807) is 30.5 Å². The van der Waals surface area contributed by atoms with Crippen molar-refractivity contribution >= 4 is 29.0 Å². The van der Waals surface area contributed by atoms with Crippen LogP contribution in [0.1, 0.15) is 11.7 Å². The van der Waals surface area contributed by atoms with Crippen molar-refractivity contribution in [1.82, 2.24) is 9.97 Å². The number of hydrogen-bond acceptors (Lipinski definition) is 4. The first kappa shape index (κ1) is 13.1. The molecule has 1 heterocycles. The Morgan fingerprint density at radius 3 is 2.56 bits per heavy atom. The normalized spacial score (nSPS) is 12.2. The van der Waals surface area contributed by atoms with E-state index in [0.29, 0.717) is 22.5 Å². The number of rotatable bonds is 4. The number of halogens is 2. The molecule has 0 aliphatic carbocycles. The molecule has 1 atom stereocenters. The molecule has 18 heavy (non-hydrogen) atoms. The van der Waals surface area contributed by atoms with E-state index in [0.717, 1.165) is 5.56 Å². The minimum atomic E-state index is -0.650. The molecule has 0 amide bonds. The Morgan fingerprint density at radius 1 is 1.17 bits per heavy atom. The van der Waals surface area contributed by atoms with Crippen LogP contribution in [-0.2, 0) is 0 Å². The van der Waals surface area contributed by atoms with Crippen LogP contribution in [0.5, 0.6) is 0 Å². The molecule has 0 aliphatic rings. The monoisotopic (exact) mass is 283 g/mol. The van der Waals surface area contributed by atoms with Gasteiger partial charge in [0.05, 0.1) is 18.5 Å². The van der Waals surface area contributed by atoms with E-state index in [1.807, 2.05) is 0 Å². The molecule has 4 nitrogen and oxygen atoms in total. The lowest BCUT2D eigenvalue weighted by atomic mass is 10.1. The molecular formula is C12H11Cl2N3O. The lowest BCUT2D eigenvalue weighted by molar-refractivity contribution is 0.191. The van der Waals surface area contributed by atoms with Gasteiger partial charge in [0.25, 0.3) is 0 Å². The number of nitrogens with zero attached hydrogens (tertiary/aromatic N) is 2. The van der Waals surface area contributed by atoms with Gasteiger partial charge in [-0.15, -0.1) is 0 Å².